The van der Waals surface area contributed by atoms with Crippen molar-refractivity contribution in [1.82, 2.24) is 5.32 Å². The molecule has 18 heavy (non-hydrogen) atoms. The highest BCUT2D eigenvalue weighted by molar-refractivity contribution is 9.10. The fourth-order valence-electron chi connectivity index (χ4n) is 1.94. The molecule has 0 aliphatic carbocycles. The first-order chi connectivity index (χ1) is 8.43. The van der Waals surface area contributed by atoms with Crippen LogP contribution in [0.15, 0.2) is 22.7 Å². The number of nitrogens with one attached hydrogen (secondary N) is 1. The lowest BCUT2D eigenvalue weighted by molar-refractivity contribution is -0.133. The topological polar surface area (TPSA) is 49.4 Å². The van der Waals surface area contributed by atoms with E-state index in [1.165, 1.54) is 17.0 Å². The number of amides is 2. The maximum atomic E-state index is 13.9. The zero-order valence-corrected chi connectivity index (χ0v) is 11.5. The molecule has 4 nitrogen and oxygen atoms in total. The Morgan fingerprint density at radius 1 is 1.33 bits per heavy atom. The van der Waals surface area contributed by atoms with Gasteiger partial charge in [-0.15, -0.1) is 0 Å². The van der Waals surface area contributed by atoms with Gasteiger partial charge in [0.05, 0.1) is 5.69 Å². The fraction of sp³-hybridized carbons (Fsp3) is 0.333. The summed E-state index contributed by atoms with van der Waals surface area (Å²) in [4.78, 5) is 25.0. The number of rotatable bonds is 1. The minimum absolute atomic E-state index is 0.108. The SMILES string of the molecule is CC1NC(=O)C(C)N(c2c(F)cccc2Br)C1=O. The molecule has 2 unspecified atom stereocenters. The monoisotopic (exact) mass is 314 g/mol. The number of benzene rings is 1. The number of carbonyl (C=O) groups is 2. The Bertz CT molecular complexity index is 501. The Balaban J connectivity index is 2.53. The molecule has 2 amide bonds. The second-order valence-corrected chi connectivity index (χ2v) is 5.04. The third kappa shape index (κ3) is 2.01. The lowest BCUT2D eigenvalue weighted by atomic mass is 10.1. The van der Waals surface area contributed by atoms with Gasteiger partial charge in [0.15, 0.2) is 0 Å². The van der Waals surface area contributed by atoms with Gasteiger partial charge >= 0.3 is 0 Å². The first-order valence-electron chi connectivity index (χ1n) is 5.51. The highest BCUT2D eigenvalue weighted by Gasteiger charge is 2.38. The third-order valence-electron chi connectivity index (χ3n) is 2.91. The molecule has 0 radical (unpaired) electrons. The quantitative estimate of drug-likeness (QED) is 0.859. The van der Waals surface area contributed by atoms with Gasteiger partial charge in [-0.25, -0.2) is 4.39 Å². The van der Waals surface area contributed by atoms with Crippen LogP contribution in [-0.2, 0) is 9.59 Å². The van der Waals surface area contributed by atoms with E-state index in [0.717, 1.165) is 0 Å². The second kappa shape index (κ2) is 4.68. The number of para-hydroxylation sites is 1. The number of nitrogens with zero attached hydrogens (tertiary/aromatic N) is 1. The minimum atomic E-state index is -0.734. The van der Waals surface area contributed by atoms with Crippen molar-refractivity contribution < 1.29 is 14.0 Å². The molecule has 0 saturated carbocycles. The Hall–Kier alpha value is -1.43. The van der Waals surface area contributed by atoms with Crippen molar-refractivity contribution in [1.29, 1.82) is 0 Å². The Morgan fingerprint density at radius 3 is 2.61 bits per heavy atom. The summed E-state index contributed by atoms with van der Waals surface area (Å²) in [6.07, 6.45) is 0. The van der Waals surface area contributed by atoms with Crippen molar-refractivity contribution in [2.24, 2.45) is 0 Å². The molecule has 2 atom stereocenters. The number of hydrogen-bond acceptors (Lipinski definition) is 2. The molecule has 0 spiro atoms. The van der Waals surface area contributed by atoms with E-state index in [4.69, 9.17) is 0 Å². The Labute approximate surface area is 112 Å². The van der Waals surface area contributed by atoms with E-state index in [-0.39, 0.29) is 17.5 Å². The molecule has 1 N–H and O–H groups in total. The maximum Gasteiger partial charge on any atom is 0.250 e. The fourth-order valence-corrected chi connectivity index (χ4v) is 2.47. The number of piperazine rings is 1. The molecular weight excluding hydrogens is 303 g/mol. The van der Waals surface area contributed by atoms with Gasteiger partial charge < -0.3 is 5.32 Å². The summed E-state index contributed by atoms with van der Waals surface area (Å²) in [5.41, 5.74) is 0.108. The largest absolute Gasteiger partial charge is 0.343 e. The summed E-state index contributed by atoms with van der Waals surface area (Å²) in [5.74, 6) is -1.16. The average Bonchev–Trinajstić information content (AvgIpc) is 2.30. The lowest BCUT2D eigenvalue weighted by Gasteiger charge is -2.36. The van der Waals surface area contributed by atoms with E-state index >= 15 is 0 Å². The number of hydrogen-bond donors (Lipinski definition) is 1. The van der Waals surface area contributed by atoms with Crippen LogP contribution in [0.1, 0.15) is 13.8 Å². The van der Waals surface area contributed by atoms with Crippen LogP contribution < -0.4 is 10.2 Å². The summed E-state index contributed by atoms with van der Waals surface area (Å²) < 4.78 is 14.3. The first-order valence-corrected chi connectivity index (χ1v) is 6.30. The van der Waals surface area contributed by atoms with Crippen LogP contribution in [0.4, 0.5) is 10.1 Å². The maximum absolute atomic E-state index is 13.9. The highest BCUT2D eigenvalue weighted by atomic mass is 79.9. The molecule has 1 aromatic rings. The summed E-state index contributed by atoms with van der Waals surface area (Å²) in [6, 6.07) is 3.04. The average molecular weight is 315 g/mol. The predicted octanol–water partition coefficient (Wildman–Crippen LogP) is 1.83. The van der Waals surface area contributed by atoms with Gasteiger partial charge in [-0.05, 0) is 41.9 Å². The number of anilines is 1. The normalized spacial score (nSPS) is 24.1. The molecule has 1 saturated heterocycles. The van der Waals surface area contributed by atoms with Gasteiger partial charge in [-0.3, -0.25) is 14.5 Å². The van der Waals surface area contributed by atoms with Gasteiger partial charge in [-0.2, -0.15) is 0 Å². The molecular formula is C12H12BrFN2O2. The first kappa shape index (κ1) is 13.0. The van der Waals surface area contributed by atoms with Gasteiger partial charge in [0.2, 0.25) is 11.8 Å². The van der Waals surface area contributed by atoms with E-state index in [9.17, 15) is 14.0 Å². The molecule has 1 heterocycles. The van der Waals surface area contributed by atoms with Crippen LogP contribution in [0.5, 0.6) is 0 Å². The summed E-state index contributed by atoms with van der Waals surface area (Å²) >= 11 is 3.21. The van der Waals surface area contributed by atoms with Crippen molar-refractivity contribution in [3.05, 3.63) is 28.5 Å². The van der Waals surface area contributed by atoms with Crippen molar-refractivity contribution in [2.75, 3.05) is 4.90 Å². The Kier molecular flexibility index (Phi) is 3.38. The van der Waals surface area contributed by atoms with Gasteiger partial charge in [0.25, 0.3) is 0 Å². The summed E-state index contributed by atoms with van der Waals surface area (Å²) in [7, 11) is 0. The minimum Gasteiger partial charge on any atom is -0.343 e. The van der Waals surface area contributed by atoms with Crippen molar-refractivity contribution in [3.8, 4) is 0 Å². The van der Waals surface area contributed by atoms with Crippen LogP contribution in [0.2, 0.25) is 0 Å². The van der Waals surface area contributed by atoms with E-state index in [2.05, 4.69) is 21.2 Å². The van der Waals surface area contributed by atoms with Crippen LogP contribution in [-0.4, -0.2) is 23.9 Å². The van der Waals surface area contributed by atoms with E-state index in [1.54, 1.807) is 19.9 Å². The van der Waals surface area contributed by atoms with Crippen LogP contribution in [0.3, 0.4) is 0 Å². The van der Waals surface area contributed by atoms with Gasteiger partial charge in [0, 0.05) is 4.47 Å². The lowest BCUT2D eigenvalue weighted by Crippen LogP contribution is -2.62. The van der Waals surface area contributed by atoms with Crippen LogP contribution in [0.25, 0.3) is 0 Å². The second-order valence-electron chi connectivity index (χ2n) is 4.18. The van der Waals surface area contributed by atoms with Gasteiger partial charge in [-0.1, -0.05) is 6.07 Å². The van der Waals surface area contributed by atoms with E-state index in [0.29, 0.717) is 4.47 Å². The van der Waals surface area contributed by atoms with Gasteiger partial charge in [0.1, 0.15) is 17.9 Å². The molecule has 1 aromatic carbocycles. The molecule has 96 valence electrons. The van der Waals surface area contributed by atoms with E-state index < -0.39 is 17.9 Å². The molecule has 2 rings (SSSR count). The highest BCUT2D eigenvalue weighted by Crippen LogP contribution is 2.32. The van der Waals surface area contributed by atoms with Crippen LogP contribution >= 0.6 is 15.9 Å². The molecule has 1 aliphatic heterocycles. The predicted molar refractivity (Wildman–Crippen MR) is 68.7 cm³/mol. The van der Waals surface area contributed by atoms with Crippen molar-refractivity contribution >= 4 is 33.4 Å². The van der Waals surface area contributed by atoms with Crippen molar-refractivity contribution in [2.45, 2.75) is 25.9 Å². The summed E-state index contributed by atoms with van der Waals surface area (Å²) in [6.45, 7) is 3.14. The van der Waals surface area contributed by atoms with Crippen LogP contribution in [0, 0.1) is 5.82 Å². The molecule has 6 heteroatoms. The molecule has 1 fully saturated rings. The summed E-state index contributed by atoms with van der Waals surface area (Å²) in [5, 5.41) is 2.55. The molecule has 1 aliphatic rings. The smallest absolute Gasteiger partial charge is 0.250 e. The Morgan fingerprint density at radius 2 is 2.00 bits per heavy atom. The molecule has 0 aromatic heterocycles. The third-order valence-corrected chi connectivity index (χ3v) is 3.55. The zero-order chi connectivity index (χ0) is 13.4. The van der Waals surface area contributed by atoms with Crippen molar-refractivity contribution in [3.63, 3.8) is 0 Å². The number of carbonyl (C=O) groups excluding carboxylic acids is 2. The van der Waals surface area contributed by atoms with E-state index in [1.807, 2.05) is 0 Å². The molecule has 0 bridgehead atoms. The standard InChI is InChI=1S/C12H12BrFN2O2/c1-6-12(18)16(7(2)11(17)15-6)10-8(13)4-3-5-9(10)14/h3-7H,1-2H3,(H,15,17). The number of halogens is 2. The zero-order valence-electron chi connectivity index (χ0n) is 9.91.